The first kappa shape index (κ1) is 15.0. The minimum atomic E-state index is -1.56. The topological polar surface area (TPSA) is 116 Å². The zero-order chi connectivity index (χ0) is 16.7. The van der Waals surface area contributed by atoms with E-state index in [1.165, 1.54) is 37.4 Å². The molecule has 0 bridgehead atoms. The molecule has 4 N–H and O–H groups in total. The number of phenols is 3. The van der Waals surface area contributed by atoms with Crippen LogP contribution in [0.15, 0.2) is 30.3 Å². The van der Waals surface area contributed by atoms with E-state index in [1.54, 1.807) is 0 Å². The van der Waals surface area contributed by atoms with Crippen LogP contribution in [0.25, 0.3) is 0 Å². The second-order valence-electron chi connectivity index (χ2n) is 5.12. The summed E-state index contributed by atoms with van der Waals surface area (Å²) in [5.74, 6) is -1.43. The SMILES string of the molecule is COc1cc(O)c2c(c1)OC(c1ccc(O)c(O)c1)C(O)C2=O. The van der Waals surface area contributed by atoms with Crippen molar-refractivity contribution >= 4 is 5.78 Å². The fourth-order valence-corrected chi connectivity index (χ4v) is 2.49. The first-order valence-electron chi connectivity index (χ1n) is 6.74. The molecule has 23 heavy (non-hydrogen) atoms. The lowest BCUT2D eigenvalue weighted by Gasteiger charge is -2.30. The normalized spacial score (nSPS) is 19.8. The van der Waals surface area contributed by atoms with Gasteiger partial charge in [-0.3, -0.25) is 4.79 Å². The lowest BCUT2D eigenvalue weighted by atomic mass is 9.92. The first-order valence-corrected chi connectivity index (χ1v) is 6.74. The predicted octanol–water partition coefficient (Wildman–Crippen LogP) is 1.49. The van der Waals surface area contributed by atoms with Gasteiger partial charge in [0.1, 0.15) is 22.8 Å². The number of Topliss-reactive ketones (excluding diaryl/α,β-unsaturated/α-hetero) is 1. The van der Waals surface area contributed by atoms with Gasteiger partial charge in [-0.25, -0.2) is 0 Å². The predicted molar refractivity (Wildman–Crippen MR) is 78.1 cm³/mol. The van der Waals surface area contributed by atoms with E-state index in [2.05, 4.69) is 0 Å². The highest BCUT2D eigenvalue weighted by molar-refractivity contribution is 6.05. The summed E-state index contributed by atoms with van der Waals surface area (Å²) >= 11 is 0. The molecule has 1 heterocycles. The molecule has 0 saturated carbocycles. The van der Waals surface area contributed by atoms with Crippen molar-refractivity contribution in [2.45, 2.75) is 12.2 Å². The van der Waals surface area contributed by atoms with E-state index >= 15 is 0 Å². The fourth-order valence-electron chi connectivity index (χ4n) is 2.49. The van der Waals surface area contributed by atoms with Crippen LogP contribution in [-0.4, -0.2) is 39.4 Å². The molecule has 7 heteroatoms. The molecule has 3 rings (SSSR count). The monoisotopic (exact) mass is 318 g/mol. The van der Waals surface area contributed by atoms with Gasteiger partial charge in [0.15, 0.2) is 23.7 Å². The Hall–Kier alpha value is -2.93. The van der Waals surface area contributed by atoms with Crippen molar-refractivity contribution in [2.75, 3.05) is 7.11 Å². The lowest BCUT2D eigenvalue weighted by molar-refractivity contribution is 0.0210. The van der Waals surface area contributed by atoms with Crippen LogP contribution in [0, 0.1) is 0 Å². The zero-order valence-corrected chi connectivity index (χ0v) is 12.1. The molecule has 120 valence electrons. The largest absolute Gasteiger partial charge is 0.507 e. The van der Waals surface area contributed by atoms with Crippen LogP contribution >= 0.6 is 0 Å². The molecule has 0 aromatic heterocycles. The van der Waals surface area contributed by atoms with Gasteiger partial charge >= 0.3 is 0 Å². The Labute approximate surface area is 131 Å². The van der Waals surface area contributed by atoms with E-state index in [0.717, 1.165) is 0 Å². The maximum absolute atomic E-state index is 12.3. The zero-order valence-electron chi connectivity index (χ0n) is 12.1. The number of benzene rings is 2. The number of phenolic OH excluding ortho intramolecular Hbond substituents is 3. The number of aliphatic hydroxyl groups is 1. The third-order valence-corrected chi connectivity index (χ3v) is 3.67. The summed E-state index contributed by atoms with van der Waals surface area (Å²) in [4.78, 5) is 12.3. The van der Waals surface area contributed by atoms with Gasteiger partial charge in [0, 0.05) is 12.1 Å². The number of hydrogen-bond acceptors (Lipinski definition) is 7. The summed E-state index contributed by atoms with van der Waals surface area (Å²) in [5.41, 5.74) is 0.173. The average molecular weight is 318 g/mol. The highest BCUT2D eigenvalue weighted by Gasteiger charge is 2.39. The smallest absolute Gasteiger partial charge is 0.202 e. The molecular weight excluding hydrogens is 304 g/mol. The van der Waals surface area contributed by atoms with Crippen LogP contribution < -0.4 is 9.47 Å². The van der Waals surface area contributed by atoms with E-state index in [-0.39, 0.29) is 28.6 Å². The van der Waals surface area contributed by atoms with Crippen LogP contribution in [0.4, 0.5) is 0 Å². The lowest BCUT2D eigenvalue weighted by Crippen LogP contribution is -2.36. The Balaban J connectivity index is 2.08. The summed E-state index contributed by atoms with van der Waals surface area (Å²) in [6.45, 7) is 0. The van der Waals surface area contributed by atoms with Gasteiger partial charge in [-0.15, -0.1) is 0 Å². The molecule has 2 aromatic rings. The number of rotatable bonds is 2. The maximum atomic E-state index is 12.3. The van der Waals surface area contributed by atoms with Gasteiger partial charge in [0.2, 0.25) is 5.78 Å². The van der Waals surface area contributed by atoms with E-state index in [0.29, 0.717) is 5.56 Å². The molecule has 0 amide bonds. The Morgan fingerprint density at radius 1 is 1.04 bits per heavy atom. The molecule has 2 unspecified atom stereocenters. The van der Waals surface area contributed by atoms with Crippen LogP contribution in [-0.2, 0) is 0 Å². The maximum Gasteiger partial charge on any atom is 0.202 e. The number of carbonyl (C=O) groups is 1. The standard InChI is InChI=1S/C16H14O7/c1-22-8-5-11(19)13-12(6-8)23-16(15(21)14(13)20)7-2-3-9(17)10(18)4-7/h2-6,15-19,21H,1H3. The minimum Gasteiger partial charge on any atom is -0.507 e. The van der Waals surface area contributed by atoms with Gasteiger partial charge in [-0.05, 0) is 17.7 Å². The van der Waals surface area contributed by atoms with E-state index < -0.39 is 23.7 Å². The van der Waals surface area contributed by atoms with Crippen molar-refractivity contribution in [3.63, 3.8) is 0 Å². The Morgan fingerprint density at radius 2 is 1.78 bits per heavy atom. The first-order chi connectivity index (χ1) is 10.9. The van der Waals surface area contributed by atoms with Gasteiger partial charge in [-0.2, -0.15) is 0 Å². The van der Waals surface area contributed by atoms with Gasteiger partial charge in [0.05, 0.1) is 7.11 Å². The summed E-state index contributed by atoms with van der Waals surface area (Å²) in [5, 5.41) is 39.0. The van der Waals surface area contributed by atoms with Crippen LogP contribution in [0.5, 0.6) is 28.7 Å². The Morgan fingerprint density at radius 3 is 2.43 bits per heavy atom. The molecule has 1 aliphatic rings. The molecule has 0 saturated heterocycles. The third-order valence-electron chi connectivity index (χ3n) is 3.67. The van der Waals surface area contributed by atoms with Crippen molar-refractivity contribution in [3.05, 3.63) is 41.5 Å². The van der Waals surface area contributed by atoms with Gasteiger partial charge < -0.3 is 29.9 Å². The number of ether oxygens (including phenoxy) is 2. The summed E-state index contributed by atoms with van der Waals surface area (Å²) < 4.78 is 10.6. The summed E-state index contributed by atoms with van der Waals surface area (Å²) in [6, 6.07) is 6.51. The number of methoxy groups -OCH3 is 1. The number of ketones is 1. The molecular formula is C16H14O7. The Kier molecular flexibility index (Phi) is 3.49. The number of fused-ring (bicyclic) bond motifs is 1. The summed E-state index contributed by atoms with van der Waals surface area (Å²) in [6.07, 6.45) is -2.65. The highest BCUT2D eigenvalue weighted by Crippen LogP contribution is 2.42. The number of aromatic hydroxyl groups is 3. The minimum absolute atomic E-state index is 0.0646. The molecule has 0 radical (unpaired) electrons. The molecule has 0 fully saturated rings. The molecule has 7 nitrogen and oxygen atoms in total. The highest BCUT2D eigenvalue weighted by atomic mass is 16.5. The molecule has 0 spiro atoms. The quantitative estimate of drug-likeness (QED) is 0.620. The van der Waals surface area contributed by atoms with Crippen molar-refractivity contribution in [1.29, 1.82) is 0 Å². The summed E-state index contributed by atoms with van der Waals surface area (Å²) in [7, 11) is 1.40. The van der Waals surface area contributed by atoms with Crippen LogP contribution in [0.3, 0.4) is 0 Å². The van der Waals surface area contributed by atoms with Crippen molar-refractivity contribution in [2.24, 2.45) is 0 Å². The van der Waals surface area contributed by atoms with E-state index in [9.17, 15) is 25.2 Å². The fraction of sp³-hybridized carbons (Fsp3) is 0.188. The van der Waals surface area contributed by atoms with Crippen LogP contribution in [0.1, 0.15) is 22.0 Å². The molecule has 0 aliphatic carbocycles. The second-order valence-corrected chi connectivity index (χ2v) is 5.12. The third kappa shape index (κ3) is 2.40. The van der Waals surface area contributed by atoms with Crippen LogP contribution in [0.2, 0.25) is 0 Å². The Bertz CT molecular complexity index is 784. The average Bonchev–Trinajstić information content (AvgIpc) is 2.52. The van der Waals surface area contributed by atoms with Gasteiger partial charge in [-0.1, -0.05) is 6.07 Å². The van der Waals surface area contributed by atoms with Crippen molar-refractivity contribution in [3.8, 4) is 28.7 Å². The van der Waals surface area contributed by atoms with E-state index in [4.69, 9.17) is 9.47 Å². The molecule has 1 aliphatic heterocycles. The van der Waals surface area contributed by atoms with Crippen molar-refractivity contribution < 1.29 is 34.7 Å². The number of aliphatic hydroxyl groups excluding tert-OH is 1. The number of carbonyl (C=O) groups excluding carboxylic acids is 1. The molecule has 2 atom stereocenters. The van der Waals surface area contributed by atoms with Crippen molar-refractivity contribution in [1.82, 2.24) is 0 Å². The number of hydrogen-bond donors (Lipinski definition) is 4. The van der Waals surface area contributed by atoms with Gasteiger partial charge in [0.25, 0.3) is 0 Å². The second kappa shape index (κ2) is 5.36. The molecule has 2 aromatic carbocycles. The van der Waals surface area contributed by atoms with E-state index in [1.807, 2.05) is 0 Å².